The summed E-state index contributed by atoms with van der Waals surface area (Å²) in [6.45, 7) is 1.85. The van der Waals surface area contributed by atoms with E-state index in [1.54, 1.807) is 12.1 Å². The van der Waals surface area contributed by atoms with Crippen LogP contribution in [0.3, 0.4) is 0 Å². The second-order valence-corrected chi connectivity index (χ2v) is 9.06. The van der Waals surface area contributed by atoms with Crippen molar-refractivity contribution in [3.05, 3.63) is 65.0 Å². The minimum atomic E-state index is -3.57. The molecule has 1 amide bonds. The summed E-state index contributed by atoms with van der Waals surface area (Å²) in [5.41, 5.74) is 1.30. The lowest BCUT2D eigenvalue weighted by atomic mass is 10.1. The van der Waals surface area contributed by atoms with E-state index >= 15 is 0 Å². The van der Waals surface area contributed by atoms with E-state index in [-0.39, 0.29) is 33.5 Å². The average molecular weight is 422 g/mol. The van der Waals surface area contributed by atoms with Crippen LogP contribution in [0.5, 0.6) is 0 Å². The second-order valence-electron chi connectivity index (χ2n) is 6.09. The highest BCUT2D eigenvalue weighted by Crippen LogP contribution is 2.27. The van der Waals surface area contributed by atoms with Gasteiger partial charge in [-0.1, -0.05) is 17.7 Å². The average Bonchev–Trinajstić information content (AvgIpc) is 3.08. The Morgan fingerprint density at radius 2 is 1.86 bits per heavy atom. The van der Waals surface area contributed by atoms with Crippen molar-refractivity contribution in [3.63, 3.8) is 0 Å². The minimum Gasteiger partial charge on any atom is -0.302 e. The molecule has 0 atom stereocenters. The zero-order chi connectivity index (χ0) is 20.3. The predicted octanol–water partition coefficient (Wildman–Crippen LogP) is 4.20. The van der Waals surface area contributed by atoms with Gasteiger partial charge in [0.1, 0.15) is 11.6 Å². The van der Waals surface area contributed by atoms with Crippen LogP contribution in [0.2, 0.25) is 0 Å². The predicted molar refractivity (Wildman–Crippen MR) is 104 cm³/mol. The van der Waals surface area contributed by atoms with Crippen LogP contribution in [-0.2, 0) is 14.6 Å². The number of aromatic nitrogens is 1. The Labute approximate surface area is 165 Å². The maximum Gasteiger partial charge on any atom is 0.227 e. The Morgan fingerprint density at radius 1 is 1.14 bits per heavy atom. The Morgan fingerprint density at radius 3 is 2.54 bits per heavy atom. The molecule has 146 valence electrons. The molecule has 0 saturated carbocycles. The van der Waals surface area contributed by atoms with Gasteiger partial charge in [0.2, 0.25) is 5.91 Å². The first kappa shape index (κ1) is 20.1. The van der Waals surface area contributed by atoms with Crippen molar-refractivity contribution in [2.45, 2.75) is 18.2 Å². The van der Waals surface area contributed by atoms with Crippen LogP contribution in [0.15, 0.2) is 52.7 Å². The SMILES string of the molecule is Cc1ccc(S(=O)(=O)CCC(=O)Nc2nc(-c3ccc(F)cc3F)cs2)cc1. The van der Waals surface area contributed by atoms with E-state index in [4.69, 9.17) is 0 Å². The van der Waals surface area contributed by atoms with Crippen molar-refractivity contribution in [2.75, 3.05) is 11.1 Å². The highest BCUT2D eigenvalue weighted by atomic mass is 32.2. The van der Waals surface area contributed by atoms with Gasteiger partial charge in [-0.3, -0.25) is 4.79 Å². The summed E-state index contributed by atoms with van der Waals surface area (Å²) in [4.78, 5) is 16.3. The van der Waals surface area contributed by atoms with Gasteiger partial charge in [-0.2, -0.15) is 0 Å². The third-order valence-corrected chi connectivity index (χ3v) is 6.43. The maximum absolute atomic E-state index is 13.8. The number of rotatable bonds is 6. The van der Waals surface area contributed by atoms with Gasteiger partial charge in [0.25, 0.3) is 0 Å². The molecule has 1 N–H and O–H groups in total. The normalized spacial score (nSPS) is 11.4. The van der Waals surface area contributed by atoms with Gasteiger partial charge in [0, 0.05) is 23.4 Å². The van der Waals surface area contributed by atoms with Gasteiger partial charge in [-0.15, -0.1) is 11.3 Å². The molecule has 0 saturated heterocycles. The van der Waals surface area contributed by atoms with Crippen molar-refractivity contribution in [1.82, 2.24) is 4.98 Å². The third kappa shape index (κ3) is 4.79. The largest absolute Gasteiger partial charge is 0.302 e. The molecule has 0 spiro atoms. The van der Waals surface area contributed by atoms with E-state index in [1.165, 1.54) is 23.6 Å². The number of halogens is 2. The fourth-order valence-corrected chi connectivity index (χ4v) is 4.39. The Kier molecular flexibility index (Phi) is 5.85. The summed E-state index contributed by atoms with van der Waals surface area (Å²) < 4.78 is 51.4. The van der Waals surface area contributed by atoms with Gasteiger partial charge >= 0.3 is 0 Å². The summed E-state index contributed by atoms with van der Waals surface area (Å²) in [7, 11) is -3.57. The van der Waals surface area contributed by atoms with E-state index in [9.17, 15) is 22.0 Å². The Balaban J connectivity index is 1.62. The van der Waals surface area contributed by atoms with E-state index in [0.717, 1.165) is 29.0 Å². The van der Waals surface area contributed by atoms with E-state index < -0.39 is 27.4 Å². The first-order chi connectivity index (χ1) is 13.2. The molecule has 0 bridgehead atoms. The zero-order valence-corrected chi connectivity index (χ0v) is 16.4. The van der Waals surface area contributed by atoms with Crippen molar-refractivity contribution in [1.29, 1.82) is 0 Å². The molecule has 0 fully saturated rings. The van der Waals surface area contributed by atoms with Crippen LogP contribution in [0, 0.1) is 18.6 Å². The van der Waals surface area contributed by atoms with Gasteiger partial charge in [0.05, 0.1) is 16.3 Å². The number of hydrogen-bond acceptors (Lipinski definition) is 5. The molecular weight excluding hydrogens is 406 g/mol. The number of nitrogens with one attached hydrogen (secondary N) is 1. The lowest BCUT2D eigenvalue weighted by Gasteiger charge is -2.05. The van der Waals surface area contributed by atoms with Crippen molar-refractivity contribution >= 4 is 32.2 Å². The molecule has 0 aliphatic carbocycles. The number of carbonyl (C=O) groups is 1. The van der Waals surface area contributed by atoms with Crippen LogP contribution in [0.1, 0.15) is 12.0 Å². The molecule has 0 aliphatic heterocycles. The maximum atomic E-state index is 13.8. The van der Waals surface area contributed by atoms with Crippen LogP contribution < -0.4 is 5.32 Å². The highest BCUT2D eigenvalue weighted by molar-refractivity contribution is 7.91. The van der Waals surface area contributed by atoms with Crippen molar-refractivity contribution < 1.29 is 22.0 Å². The Bertz CT molecular complexity index is 1110. The summed E-state index contributed by atoms with van der Waals surface area (Å²) in [5, 5.41) is 4.23. The van der Waals surface area contributed by atoms with Gasteiger partial charge < -0.3 is 5.32 Å². The highest BCUT2D eigenvalue weighted by Gasteiger charge is 2.17. The third-order valence-electron chi connectivity index (χ3n) is 3.94. The number of amides is 1. The summed E-state index contributed by atoms with van der Waals surface area (Å²) >= 11 is 1.06. The summed E-state index contributed by atoms with van der Waals surface area (Å²) in [6.07, 6.45) is -0.240. The first-order valence-electron chi connectivity index (χ1n) is 8.25. The Hall–Kier alpha value is -2.65. The number of sulfone groups is 1. The van der Waals surface area contributed by atoms with Crippen LogP contribution in [0.25, 0.3) is 11.3 Å². The summed E-state index contributed by atoms with van der Waals surface area (Å²) in [5.74, 6) is -2.31. The van der Waals surface area contributed by atoms with Crippen molar-refractivity contribution in [3.8, 4) is 11.3 Å². The molecule has 5 nitrogen and oxygen atoms in total. The fourth-order valence-electron chi connectivity index (χ4n) is 2.42. The molecule has 2 aromatic carbocycles. The number of nitrogens with zero attached hydrogens (tertiary/aromatic N) is 1. The lowest BCUT2D eigenvalue weighted by Crippen LogP contribution is -2.17. The lowest BCUT2D eigenvalue weighted by molar-refractivity contribution is -0.115. The van der Waals surface area contributed by atoms with Crippen LogP contribution >= 0.6 is 11.3 Å². The number of thiazole rings is 1. The number of aryl methyl sites for hydroxylation is 1. The fraction of sp³-hybridized carbons (Fsp3) is 0.158. The molecule has 28 heavy (non-hydrogen) atoms. The molecule has 9 heteroatoms. The first-order valence-corrected chi connectivity index (χ1v) is 10.8. The van der Waals surface area contributed by atoms with E-state index in [1.807, 2.05) is 6.92 Å². The monoisotopic (exact) mass is 422 g/mol. The zero-order valence-electron chi connectivity index (χ0n) is 14.8. The molecule has 0 radical (unpaired) electrons. The van der Waals surface area contributed by atoms with Crippen LogP contribution in [0.4, 0.5) is 13.9 Å². The molecular formula is C19H16F2N2O3S2. The molecule has 3 rings (SSSR count). The topological polar surface area (TPSA) is 76.1 Å². The quantitative estimate of drug-likeness (QED) is 0.646. The number of benzene rings is 2. The second kappa shape index (κ2) is 8.15. The number of carbonyl (C=O) groups excluding carboxylic acids is 1. The molecule has 1 aromatic heterocycles. The van der Waals surface area contributed by atoms with Crippen LogP contribution in [-0.4, -0.2) is 25.1 Å². The number of hydrogen-bond donors (Lipinski definition) is 1. The minimum absolute atomic E-state index is 0.111. The molecule has 0 aliphatic rings. The number of anilines is 1. The molecule has 0 unspecified atom stereocenters. The smallest absolute Gasteiger partial charge is 0.227 e. The van der Waals surface area contributed by atoms with Gasteiger partial charge in [-0.05, 0) is 31.2 Å². The summed E-state index contributed by atoms with van der Waals surface area (Å²) in [6, 6.07) is 9.53. The van der Waals surface area contributed by atoms with Gasteiger partial charge in [0.15, 0.2) is 15.0 Å². The van der Waals surface area contributed by atoms with Gasteiger partial charge in [-0.25, -0.2) is 22.2 Å². The molecule has 3 aromatic rings. The molecule has 1 heterocycles. The van der Waals surface area contributed by atoms with E-state index in [0.29, 0.717) is 0 Å². The van der Waals surface area contributed by atoms with Crippen molar-refractivity contribution in [2.24, 2.45) is 0 Å². The standard InChI is InChI=1S/C19H16F2N2O3S2/c1-12-2-5-14(6-3-12)28(25,26)9-8-18(24)23-19-22-17(11-27-19)15-7-4-13(20)10-16(15)21/h2-7,10-11H,8-9H2,1H3,(H,22,23,24). The van der Waals surface area contributed by atoms with E-state index in [2.05, 4.69) is 10.3 Å².